The van der Waals surface area contributed by atoms with Gasteiger partial charge in [0, 0.05) is 6.61 Å². The minimum absolute atomic E-state index is 0.0162. The van der Waals surface area contributed by atoms with E-state index >= 15 is 0 Å². The number of ketones is 1. The Bertz CT molecular complexity index is 392. The van der Waals surface area contributed by atoms with Crippen molar-refractivity contribution in [2.45, 2.75) is 25.4 Å². The van der Waals surface area contributed by atoms with Crippen molar-refractivity contribution in [2.24, 2.45) is 0 Å². The summed E-state index contributed by atoms with van der Waals surface area (Å²) >= 11 is 0. The van der Waals surface area contributed by atoms with Crippen LogP contribution >= 0.6 is 0 Å². The summed E-state index contributed by atoms with van der Waals surface area (Å²) in [7, 11) is 1.57. The number of para-hydroxylation sites is 1. The van der Waals surface area contributed by atoms with Crippen LogP contribution in [0.2, 0.25) is 0 Å². The molecule has 3 heteroatoms. The van der Waals surface area contributed by atoms with E-state index in [1.807, 2.05) is 19.1 Å². The summed E-state index contributed by atoms with van der Waals surface area (Å²) in [5, 5.41) is 0. The molecule has 3 nitrogen and oxygen atoms in total. The second-order valence-corrected chi connectivity index (χ2v) is 4.21. The smallest absolute Gasteiger partial charge is 0.198 e. The van der Waals surface area contributed by atoms with Crippen LogP contribution in [-0.4, -0.2) is 25.1 Å². The van der Waals surface area contributed by atoms with Gasteiger partial charge in [-0.05, 0) is 31.9 Å². The Hall–Kier alpha value is -1.35. The zero-order chi connectivity index (χ0) is 11.6. The molecular weight excluding hydrogens is 204 g/mol. The fraction of sp³-hybridized carbons (Fsp3) is 0.462. The van der Waals surface area contributed by atoms with Crippen molar-refractivity contribution in [3.8, 4) is 5.75 Å². The van der Waals surface area contributed by atoms with Crippen molar-refractivity contribution in [3.63, 3.8) is 0 Å². The highest BCUT2D eigenvalue weighted by Gasteiger charge is 2.39. The largest absolute Gasteiger partial charge is 0.496 e. The lowest BCUT2D eigenvalue weighted by Crippen LogP contribution is -2.34. The van der Waals surface area contributed by atoms with Gasteiger partial charge in [-0.1, -0.05) is 12.1 Å². The lowest BCUT2D eigenvalue weighted by Gasteiger charge is -2.22. The lowest BCUT2D eigenvalue weighted by atomic mass is 9.91. The van der Waals surface area contributed by atoms with E-state index in [0.717, 1.165) is 12.8 Å². The van der Waals surface area contributed by atoms with Gasteiger partial charge in [0.2, 0.25) is 0 Å². The van der Waals surface area contributed by atoms with Crippen molar-refractivity contribution in [1.29, 1.82) is 0 Å². The first-order chi connectivity index (χ1) is 7.67. The molecule has 2 rings (SSSR count). The monoisotopic (exact) mass is 220 g/mol. The number of ether oxygens (including phenoxy) is 2. The number of carbonyl (C=O) groups excluding carboxylic acids is 1. The predicted octanol–water partition coefficient (Wildman–Crippen LogP) is 2.45. The number of methoxy groups -OCH3 is 1. The molecule has 1 heterocycles. The molecule has 16 heavy (non-hydrogen) atoms. The summed E-state index contributed by atoms with van der Waals surface area (Å²) in [6.45, 7) is 2.52. The van der Waals surface area contributed by atoms with Gasteiger partial charge in [0.05, 0.1) is 12.7 Å². The Morgan fingerprint density at radius 3 is 2.81 bits per heavy atom. The first kappa shape index (κ1) is 11.1. The van der Waals surface area contributed by atoms with Crippen molar-refractivity contribution in [1.82, 2.24) is 0 Å². The number of hydrogen-bond donors (Lipinski definition) is 0. The molecule has 1 aliphatic heterocycles. The zero-order valence-electron chi connectivity index (χ0n) is 9.66. The van der Waals surface area contributed by atoms with E-state index < -0.39 is 5.60 Å². The van der Waals surface area contributed by atoms with E-state index in [9.17, 15) is 4.79 Å². The molecular formula is C13H16O3. The topological polar surface area (TPSA) is 35.5 Å². The summed E-state index contributed by atoms with van der Waals surface area (Å²) in [4.78, 5) is 12.3. The van der Waals surface area contributed by atoms with Crippen LogP contribution in [0.25, 0.3) is 0 Å². The molecule has 0 aliphatic carbocycles. The molecule has 1 aromatic carbocycles. The molecule has 0 aromatic heterocycles. The van der Waals surface area contributed by atoms with Crippen LogP contribution in [0.1, 0.15) is 30.1 Å². The van der Waals surface area contributed by atoms with Gasteiger partial charge < -0.3 is 9.47 Å². The van der Waals surface area contributed by atoms with Gasteiger partial charge in [0.1, 0.15) is 11.4 Å². The Kier molecular flexibility index (Phi) is 2.97. The van der Waals surface area contributed by atoms with Crippen LogP contribution in [0.4, 0.5) is 0 Å². The van der Waals surface area contributed by atoms with Gasteiger partial charge in [-0.3, -0.25) is 4.79 Å². The molecule has 0 amide bonds. The van der Waals surface area contributed by atoms with Crippen molar-refractivity contribution in [2.75, 3.05) is 13.7 Å². The van der Waals surface area contributed by atoms with Crippen LogP contribution in [0.5, 0.6) is 5.75 Å². The number of hydrogen-bond acceptors (Lipinski definition) is 3. The predicted molar refractivity (Wildman–Crippen MR) is 60.9 cm³/mol. The van der Waals surface area contributed by atoms with Crippen LogP contribution in [0, 0.1) is 0 Å². The van der Waals surface area contributed by atoms with Crippen molar-refractivity contribution >= 4 is 5.78 Å². The van der Waals surface area contributed by atoms with E-state index in [-0.39, 0.29) is 5.78 Å². The van der Waals surface area contributed by atoms with Gasteiger partial charge in [-0.2, -0.15) is 0 Å². The molecule has 1 saturated heterocycles. The van der Waals surface area contributed by atoms with E-state index in [1.54, 1.807) is 19.2 Å². The summed E-state index contributed by atoms with van der Waals surface area (Å²) in [6.07, 6.45) is 1.72. The second-order valence-electron chi connectivity index (χ2n) is 4.21. The maximum atomic E-state index is 12.3. The van der Waals surface area contributed by atoms with Crippen LogP contribution in [-0.2, 0) is 4.74 Å². The maximum absolute atomic E-state index is 12.3. The van der Waals surface area contributed by atoms with Crippen LogP contribution in [0.3, 0.4) is 0 Å². The number of Topliss-reactive ketones (excluding diaryl/α,β-unsaturated/α-hetero) is 1. The zero-order valence-corrected chi connectivity index (χ0v) is 9.66. The quantitative estimate of drug-likeness (QED) is 0.734. The van der Waals surface area contributed by atoms with Crippen LogP contribution < -0.4 is 4.74 Å². The molecule has 0 saturated carbocycles. The standard InChI is InChI=1S/C13H16O3/c1-13(8-5-9-16-13)12(14)10-6-3-4-7-11(10)15-2/h3-4,6-7H,5,8-9H2,1-2H3. The first-order valence-corrected chi connectivity index (χ1v) is 5.49. The third kappa shape index (κ3) is 1.83. The minimum atomic E-state index is -0.672. The lowest BCUT2D eigenvalue weighted by molar-refractivity contribution is 0.0211. The molecule has 1 aliphatic rings. The highest BCUT2D eigenvalue weighted by atomic mass is 16.5. The highest BCUT2D eigenvalue weighted by Crippen LogP contribution is 2.31. The van der Waals surface area contributed by atoms with E-state index in [2.05, 4.69) is 0 Å². The minimum Gasteiger partial charge on any atom is -0.496 e. The third-order valence-corrected chi connectivity index (χ3v) is 3.05. The van der Waals surface area contributed by atoms with Gasteiger partial charge in [0.25, 0.3) is 0 Å². The average molecular weight is 220 g/mol. The highest BCUT2D eigenvalue weighted by molar-refractivity contribution is 6.04. The first-order valence-electron chi connectivity index (χ1n) is 5.49. The summed E-state index contributed by atoms with van der Waals surface area (Å²) in [6, 6.07) is 7.28. The van der Waals surface area contributed by atoms with Gasteiger partial charge >= 0.3 is 0 Å². The van der Waals surface area contributed by atoms with Crippen molar-refractivity contribution in [3.05, 3.63) is 29.8 Å². The molecule has 0 spiro atoms. The fourth-order valence-corrected chi connectivity index (χ4v) is 2.08. The van der Waals surface area contributed by atoms with E-state index in [4.69, 9.17) is 9.47 Å². The summed E-state index contributed by atoms with van der Waals surface area (Å²) < 4.78 is 10.7. The molecule has 1 fully saturated rings. The third-order valence-electron chi connectivity index (χ3n) is 3.05. The SMILES string of the molecule is COc1ccccc1C(=O)C1(C)CCCO1. The molecule has 0 radical (unpaired) electrons. The summed E-state index contributed by atoms with van der Waals surface area (Å²) in [5.41, 5.74) is -0.0661. The molecule has 1 atom stereocenters. The number of benzene rings is 1. The van der Waals surface area contributed by atoms with E-state index in [1.165, 1.54) is 0 Å². The van der Waals surface area contributed by atoms with Crippen LogP contribution in [0.15, 0.2) is 24.3 Å². The average Bonchev–Trinajstić information content (AvgIpc) is 2.76. The Morgan fingerprint density at radius 2 is 2.19 bits per heavy atom. The number of rotatable bonds is 3. The normalized spacial score (nSPS) is 24.4. The van der Waals surface area contributed by atoms with Gasteiger partial charge in [-0.15, -0.1) is 0 Å². The Balaban J connectivity index is 2.33. The van der Waals surface area contributed by atoms with E-state index in [0.29, 0.717) is 17.9 Å². The Labute approximate surface area is 95.4 Å². The molecule has 86 valence electrons. The van der Waals surface area contributed by atoms with Crippen molar-refractivity contribution < 1.29 is 14.3 Å². The summed E-state index contributed by atoms with van der Waals surface area (Å²) in [5.74, 6) is 0.631. The number of carbonyl (C=O) groups is 1. The van der Waals surface area contributed by atoms with Gasteiger partial charge in [0.15, 0.2) is 5.78 Å². The molecule has 0 N–H and O–H groups in total. The maximum Gasteiger partial charge on any atom is 0.198 e. The second kappa shape index (κ2) is 4.26. The molecule has 1 unspecified atom stereocenters. The van der Waals surface area contributed by atoms with Gasteiger partial charge in [-0.25, -0.2) is 0 Å². The Morgan fingerprint density at radius 1 is 1.44 bits per heavy atom. The fourth-order valence-electron chi connectivity index (χ4n) is 2.08. The molecule has 0 bridgehead atoms. The molecule has 1 aromatic rings.